The van der Waals surface area contributed by atoms with Crippen molar-refractivity contribution in [2.45, 2.75) is 77.4 Å². The number of rotatable bonds is 4. The molecule has 2 heterocycles. The Morgan fingerprint density at radius 1 is 1.20 bits per heavy atom. The molecule has 1 N–H and O–H groups in total. The van der Waals surface area contributed by atoms with Gasteiger partial charge in [-0.05, 0) is 40.0 Å². The minimum Gasteiger partial charge on any atom is -0.392 e. The number of piperazine rings is 1. The van der Waals surface area contributed by atoms with Crippen LogP contribution < -0.4 is 0 Å². The Morgan fingerprint density at radius 2 is 1.85 bits per heavy atom. The van der Waals surface area contributed by atoms with Gasteiger partial charge in [0.25, 0.3) is 0 Å². The highest BCUT2D eigenvalue weighted by Gasteiger charge is 2.34. The van der Waals surface area contributed by atoms with E-state index in [9.17, 15) is 5.11 Å². The second-order valence-electron chi connectivity index (χ2n) is 6.78. The highest BCUT2D eigenvalue weighted by Crippen LogP contribution is 2.26. The molecular weight excluding hydrogens is 252 g/mol. The summed E-state index contributed by atoms with van der Waals surface area (Å²) < 4.78 is 5.86. The number of aliphatic hydroxyl groups excluding tert-OH is 1. The second kappa shape index (κ2) is 7.21. The van der Waals surface area contributed by atoms with Gasteiger partial charge in [-0.1, -0.05) is 6.92 Å². The summed E-state index contributed by atoms with van der Waals surface area (Å²) in [7, 11) is 0. The Hall–Kier alpha value is -0.160. The lowest BCUT2D eigenvalue weighted by molar-refractivity contribution is -0.0785. The molecule has 0 amide bonds. The summed E-state index contributed by atoms with van der Waals surface area (Å²) in [6, 6.07) is 1.27. The molecule has 0 aromatic carbocycles. The first-order chi connectivity index (χ1) is 9.49. The van der Waals surface area contributed by atoms with Gasteiger partial charge in [0.2, 0.25) is 0 Å². The third-order valence-electron chi connectivity index (χ3n) is 4.80. The number of aliphatic hydroxyl groups is 1. The maximum Gasteiger partial charge on any atom is 0.0639 e. The highest BCUT2D eigenvalue weighted by atomic mass is 16.5. The molecule has 2 aliphatic rings. The fourth-order valence-electron chi connectivity index (χ4n) is 3.88. The molecule has 118 valence electrons. The van der Waals surface area contributed by atoms with Crippen molar-refractivity contribution >= 4 is 0 Å². The molecule has 20 heavy (non-hydrogen) atoms. The van der Waals surface area contributed by atoms with E-state index in [1.165, 1.54) is 0 Å². The van der Waals surface area contributed by atoms with Crippen molar-refractivity contribution in [1.82, 2.24) is 9.80 Å². The van der Waals surface area contributed by atoms with E-state index >= 15 is 0 Å². The van der Waals surface area contributed by atoms with E-state index in [2.05, 4.69) is 30.6 Å². The summed E-state index contributed by atoms with van der Waals surface area (Å²) in [5.41, 5.74) is 0. The first-order valence-corrected chi connectivity index (χ1v) is 8.31. The average molecular weight is 284 g/mol. The summed E-state index contributed by atoms with van der Waals surface area (Å²) in [5.74, 6) is 0. The van der Waals surface area contributed by atoms with Crippen LogP contribution in [-0.2, 0) is 4.74 Å². The molecular formula is C16H32N2O2. The number of hydrogen-bond donors (Lipinski definition) is 1. The molecule has 0 saturated carbocycles. The van der Waals surface area contributed by atoms with Gasteiger partial charge in [-0.25, -0.2) is 0 Å². The third kappa shape index (κ3) is 4.17. The smallest absolute Gasteiger partial charge is 0.0639 e. The maximum absolute atomic E-state index is 9.63. The minimum absolute atomic E-state index is 0.223. The number of nitrogens with zero attached hydrogens (tertiary/aromatic N) is 2. The SMILES string of the molecule is CC[C@@H]1CN(C2C[C@H](C)O[C@@H](C)C2)CCN1C[C@H](C)O. The highest BCUT2D eigenvalue weighted by molar-refractivity contribution is 4.88. The quantitative estimate of drug-likeness (QED) is 0.853. The van der Waals surface area contributed by atoms with Crippen LogP contribution in [0.3, 0.4) is 0 Å². The fourth-order valence-corrected chi connectivity index (χ4v) is 3.88. The van der Waals surface area contributed by atoms with Crippen LogP contribution in [0, 0.1) is 0 Å². The van der Waals surface area contributed by atoms with Crippen molar-refractivity contribution in [2.24, 2.45) is 0 Å². The van der Waals surface area contributed by atoms with Crippen LogP contribution >= 0.6 is 0 Å². The summed E-state index contributed by atoms with van der Waals surface area (Å²) >= 11 is 0. The van der Waals surface area contributed by atoms with E-state index in [0.29, 0.717) is 24.3 Å². The van der Waals surface area contributed by atoms with Gasteiger partial charge in [-0.3, -0.25) is 9.80 Å². The predicted molar refractivity (Wildman–Crippen MR) is 81.9 cm³/mol. The summed E-state index contributed by atoms with van der Waals surface area (Å²) in [5, 5.41) is 9.63. The Balaban J connectivity index is 1.92. The zero-order valence-electron chi connectivity index (χ0n) is 13.6. The molecule has 0 spiro atoms. The molecule has 2 rings (SSSR count). The van der Waals surface area contributed by atoms with Crippen LogP contribution in [0.5, 0.6) is 0 Å². The van der Waals surface area contributed by atoms with Gasteiger partial charge >= 0.3 is 0 Å². The lowest BCUT2D eigenvalue weighted by Gasteiger charge is -2.47. The molecule has 0 bridgehead atoms. The number of ether oxygens (including phenoxy) is 1. The van der Waals surface area contributed by atoms with Gasteiger partial charge < -0.3 is 9.84 Å². The van der Waals surface area contributed by atoms with Gasteiger partial charge in [-0.2, -0.15) is 0 Å². The Kier molecular flexibility index (Phi) is 5.84. The maximum atomic E-state index is 9.63. The van der Waals surface area contributed by atoms with Crippen LogP contribution in [0.1, 0.15) is 47.0 Å². The first kappa shape index (κ1) is 16.2. The molecule has 2 aliphatic heterocycles. The lowest BCUT2D eigenvalue weighted by Crippen LogP contribution is -2.58. The summed E-state index contributed by atoms with van der Waals surface area (Å²) in [6.07, 6.45) is 4.05. The topological polar surface area (TPSA) is 35.9 Å². The van der Waals surface area contributed by atoms with E-state index in [0.717, 1.165) is 45.4 Å². The standard InChI is InChI=1S/C16H32N2O2/c1-5-15-11-18(7-6-17(15)10-12(2)19)16-8-13(3)20-14(4)9-16/h12-16,19H,5-11H2,1-4H3/t12-,13-,14-,15+/m0/s1. The summed E-state index contributed by atoms with van der Waals surface area (Å²) in [6.45, 7) is 12.7. The van der Waals surface area contributed by atoms with Crippen molar-refractivity contribution in [3.63, 3.8) is 0 Å². The van der Waals surface area contributed by atoms with Crippen molar-refractivity contribution in [3.05, 3.63) is 0 Å². The van der Waals surface area contributed by atoms with Crippen molar-refractivity contribution in [3.8, 4) is 0 Å². The van der Waals surface area contributed by atoms with Crippen molar-refractivity contribution in [2.75, 3.05) is 26.2 Å². The molecule has 0 aliphatic carbocycles. The first-order valence-electron chi connectivity index (χ1n) is 8.31. The lowest BCUT2D eigenvalue weighted by atomic mass is 9.96. The Labute approximate surface area is 124 Å². The zero-order chi connectivity index (χ0) is 14.7. The average Bonchev–Trinajstić information content (AvgIpc) is 2.37. The monoisotopic (exact) mass is 284 g/mol. The molecule has 2 fully saturated rings. The summed E-state index contributed by atoms with van der Waals surface area (Å²) in [4.78, 5) is 5.13. The molecule has 4 heteroatoms. The molecule has 4 nitrogen and oxygen atoms in total. The van der Waals surface area contributed by atoms with Crippen LogP contribution in [0.25, 0.3) is 0 Å². The van der Waals surface area contributed by atoms with E-state index in [4.69, 9.17) is 4.74 Å². The van der Waals surface area contributed by atoms with Gasteiger partial charge in [0.1, 0.15) is 0 Å². The van der Waals surface area contributed by atoms with Crippen LogP contribution in [-0.4, -0.2) is 71.5 Å². The van der Waals surface area contributed by atoms with Gasteiger partial charge in [0, 0.05) is 38.3 Å². The van der Waals surface area contributed by atoms with Crippen LogP contribution in [0.4, 0.5) is 0 Å². The second-order valence-corrected chi connectivity index (χ2v) is 6.78. The van der Waals surface area contributed by atoms with E-state index in [1.807, 2.05) is 6.92 Å². The fraction of sp³-hybridized carbons (Fsp3) is 1.00. The van der Waals surface area contributed by atoms with Crippen molar-refractivity contribution < 1.29 is 9.84 Å². The normalized spacial score (nSPS) is 38.9. The third-order valence-corrected chi connectivity index (χ3v) is 4.80. The number of hydrogen-bond acceptors (Lipinski definition) is 4. The van der Waals surface area contributed by atoms with Crippen molar-refractivity contribution in [1.29, 1.82) is 0 Å². The molecule has 0 radical (unpaired) electrons. The molecule has 0 aromatic rings. The van der Waals surface area contributed by atoms with Crippen LogP contribution in [0.15, 0.2) is 0 Å². The van der Waals surface area contributed by atoms with Crippen LogP contribution in [0.2, 0.25) is 0 Å². The molecule has 4 atom stereocenters. The largest absolute Gasteiger partial charge is 0.392 e. The van der Waals surface area contributed by atoms with Gasteiger partial charge in [-0.15, -0.1) is 0 Å². The predicted octanol–water partition coefficient (Wildman–Crippen LogP) is 1.72. The Morgan fingerprint density at radius 3 is 2.40 bits per heavy atom. The molecule has 0 unspecified atom stereocenters. The zero-order valence-corrected chi connectivity index (χ0v) is 13.6. The minimum atomic E-state index is -0.223. The van der Waals surface area contributed by atoms with E-state index in [1.54, 1.807) is 0 Å². The van der Waals surface area contributed by atoms with E-state index in [-0.39, 0.29) is 6.10 Å². The van der Waals surface area contributed by atoms with Gasteiger partial charge in [0.05, 0.1) is 18.3 Å². The molecule has 0 aromatic heterocycles. The molecule has 2 saturated heterocycles. The van der Waals surface area contributed by atoms with E-state index < -0.39 is 0 Å². The van der Waals surface area contributed by atoms with Gasteiger partial charge in [0.15, 0.2) is 0 Å². The Bertz CT molecular complexity index is 288. The number of β-amino-alcohol motifs (C(OH)–C–C–N with tert-alkyl or cyclic N) is 1.